The van der Waals surface area contributed by atoms with E-state index in [9.17, 15) is 4.79 Å². The van der Waals surface area contributed by atoms with Crippen LogP contribution < -0.4 is 11.1 Å². The Morgan fingerprint density at radius 2 is 2.18 bits per heavy atom. The highest BCUT2D eigenvalue weighted by Gasteiger charge is 2.18. The molecule has 6 heteroatoms. The molecular formula is C11H20N4O2. The maximum atomic E-state index is 11.6. The van der Waals surface area contributed by atoms with Gasteiger partial charge < -0.3 is 10.3 Å². The lowest BCUT2D eigenvalue weighted by Gasteiger charge is -2.22. The van der Waals surface area contributed by atoms with Crippen molar-refractivity contribution in [2.75, 3.05) is 11.9 Å². The lowest BCUT2D eigenvalue weighted by Crippen LogP contribution is -2.20. The van der Waals surface area contributed by atoms with Gasteiger partial charge in [-0.05, 0) is 31.7 Å². The summed E-state index contributed by atoms with van der Waals surface area (Å²) in [6.07, 6.45) is 2.11. The van der Waals surface area contributed by atoms with Crippen LogP contribution in [0, 0.1) is 12.3 Å². The van der Waals surface area contributed by atoms with Gasteiger partial charge in [0, 0.05) is 6.42 Å². The number of anilines is 1. The van der Waals surface area contributed by atoms with E-state index in [0.717, 1.165) is 12.8 Å². The van der Waals surface area contributed by atoms with E-state index in [1.54, 1.807) is 6.92 Å². The van der Waals surface area contributed by atoms with Gasteiger partial charge in [-0.3, -0.25) is 10.1 Å². The van der Waals surface area contributed by atoms with Crippen molar-refractivity contribution in [1.82, 2.24) is 10.1 Å². The van der Waals surface area contributed by atoms with Crippen LogP contribution in [-0.2, 0) is 4.79 Å². The van der Waals surface area contributed by atoms with Crippen LogP contribution in [0.3, 0.4) is 0 Å². The zero-order chi connectivity index (χ0) is 12.9. The number of hydrogen-bond donors (Lipinski definition) is 2. The number of hydrogen-bond acceptors (Lipinski definition) is 5. The summed E-state index contributed by atoms with van der Waals surface area (Å²) in [5.74, 6) is 0.391. The lowest BCUT2D eigenvalue weighted by atomic mass is 9.84. The van der Waals surface area contributed by atoms with Gasteiger partial charge in [0.2, 0.25) is 5.91 Å². The van der Waals surface area contributed by atoms with Gasteiger partial charge >= 0.3 is 6.01 Å². The van der Waals surface area contributed by atoms with E-state index in [1.807, 2.05) is 0 Å². The Labute approximate surface area is 101 Å². The van der Waals surface area contributed by atoms with E-state index in [2.05, 4.69) is 29.3 Å². The number of aryl methyl sites for hydroxylation is 1. The summed E-state index contributed by atoms with van der Waals surface area (Å²) in [5, 5.41) is 6.16. The Morgan fingerprint density at radius 1 is 1.47 bits per heavy atom. The summed E-state index contributed by atoms with van der Waals surface area (Å²) in [7, 11) is 0. The molecule has 0 aliphatic carbocycles. The van der Waals surface area contributed by atoms with E-state index >= 15 is 0 Å². The molecule has 1 aromatic rings. The highest BCUT2D eigenvalue weighted by Crippen LogP contribution is 2.25. The minimum atomic E-state index is -0.112. The van der Waals surface area contributed by atoms with Crippen molar-refractivity contribution in [3.8, 4) is 0 Å². The second kappa shape index (κ2) is 5.77. The molecule has 0 fully saturated rings. The van der Waals surface area contributed by atoms with Crippen LogP contribution in [0.15, 0.2) is 4.52 Å². The summed E-state index contributed by atoms with van der Waals surface area (Å²) in [6, 6.07) is 0.157. The first kappa shape index (κ1) is 13.6. The van der Waals surface area contributed by atoms with Crippen molar-refractivity contribution in [3.63, 3.8) is 0 Å². The Balaban J connectivity index is 2.35. The highest BCUT2D eigenvalue weighted by molar-refractivity contribution is 5.88. The first-order valence-corrected chi connectivity index (χ1v) is 5.73. The molecule has 0 saturated carbocycles. The fourth-order valence-electron chi connectivity index (χ4n) is 1.50. The van der Waals surface area contributed by atoms with Crippen molar-refractivity contribution in [2.24, 2.45) is 11.1 Å². The van der Waals surface area contributed by atoms with Crippen LogP contribution in [0.5, 0.6) is 0 Å². The van der Waals surface area contributed by atoms with Crippen LogP contribution in [0.25, 0.3) is 0 Å². The first-order chi connectivity index (χ1) is 7.93. The molecule has 0 saturated heterocycles. The number of nitrogens with two attached hydrogens (primary N) is 1. The number of rotatable bonds is 6. The molecule has 1 heterocycles. The molecule has 3 N–H and O–H groups in total. The van der Waals surface area contributed by atoms with Gasteiger partial charge in [-0.15, -0.1) is 0 Å². The monoisotopic (exact) mass is 240 g/mol. The fourth-order valence-corrected chi connectivity index (χ4v) is 1.50. The van der Waals surface area contributed by atoms with Crippen molar-refractivity contribution >= 4 is 11.9 Å². The third-order valence-electron chi connectivity index (χ3n) is 2.62. The smallest absolute Gasteiger partial charge is 0.328 e. The lowest BCUT2D eigenvalue weighted by molar-refractivity contribution is -0.116. The van der Waals surface area contributed by atoms with E-state index in [-0.39, 0.29) is 17.3 Å². The largest absolute Gasteiger partial charge is 0.330 e. The van der Waals surface area contributed by atoms with Gasteiger partial charge in [0.15, 0.2) is 5.82 Å². The number of nitrogens with zero attached hydrogens (tertiary/aromatic N) is 2. The summed E-state index contributed by atoms with van der Waals surface area (Å²) >= 11 is 0. The van der Waals surface area contributed by atoms with Gasteiger partial charge in [-0.2, -0.15) is 4.98 Å². The number of carbonyl (C=O) groups excluding carboxylic acids is 1. The number of aromatic nitrogens is 2. The topological polar surface area (TPSA) is 94.0 Å². The molecule has 1 rings (SSSR count). The fraction of sp³-hybridized carbons (Fsp3) is 0.727. The van der Waals surface area contributed by atoms with Crippen molar-refractivity contribution in [3.05, 3.63) is 5.82 Å². The minimum Gasteiger partial charge on any atom is -0.330 e. The van der Waals surface area contributed by atoms with Gasteiger partial charge in [0.1, 0.15) is 0 Å². The second-order valence-electron chi connectivity index (χ2n) is 4.90. The molecule has 0 aromatic carbocycles. The quantitative estimate of drug-likeness (QED) is 0.785. The molecule has 0 atom stereocenters. The van der Waals surface area contributed by atoms with E-state index in [0.29, 0.717) is 18.8 Å². The molecule has 6 nitrogen and oxygen atoms in total. The van der Waals surface area contributed by atoms with Crippen molar-refractivity contribution < 1.29 is 9.32 Å². The number of amides is 1. The first-order valence-electron chi connectivity index (χ1n) is 5.73. The maximum absolute atomic E-state index is 11.6. The van der Waals surface area contributed by atoms with Crippen LogP contribution in [0.1, 0.15) is 38.9 Å². The molecule has 0 bridgehead atoms. The molecule has 0 radical (unpaired) electrons. The normalized spacial score (nSPS) is 11.5. The van der Waals surface area contributed by atoms with Gasteiger partial charge in [0.25, 0.3) is 0 Å². The molecule has 0 aliphatic rings. The second-order valence-corrected chi connectivity index (χ2v) is 4.90. The minimum absolute atomic E-state index is 0.0802. The third-order valence-corrected chi connectivity index (χ3v) is 2.62. The van der Waals surface area contributed by atoms with Crippen LogP contribution in [0.2, 0.25) is 0 Å². The predicted molar refractivity (Wildman–Crippen MR) is 64.4 cm³/mol. The number of carbonyl (C=O) groups is 1. The van der Waals surface area contributed by atoms with E-state index in [4.69, 9.17) is 10.3 Å². The van der Waals surface area contributed by atoms with E-state index < -0.39 is 0 Å². The average molecular weight is 240 g/mol. The molecule has 0 spiro atoms. The molecule has 1 amide bonds. The molecule has 17 heavy (non-hydrogen) atoms. The zero-order valence-corrected chi connectivity index (χ0v) is 10.6. The standard InChI is InChI=1S/C11H20N4O2/c1-8-13-10(17-15-8)14-9(16)4-5-11(2,3)6-7-12/h4-7,12H2,1-3H3,(H,13,14,15,16). The Kier molecular flexibility index (Phi) is 4.62. The highest BCUT2D eigenvalue weighted by atomic mass is 16.5. The molecule has 0 aliphatic heterocycles. The summed E-state index contributed by atoms with van der Waals surface area (Å²) in [4.78, 5) is 15.5. The van der Waals surface area contributed by atoms with Crippen molar-refractivity contribution in [1.29, 1.82) is 0 Å². The van der Waals surface area contributed by atoms with Gasteiger partial charge in [-0.1, -0.05) is 19.0 Å². The van der Waals surface area contributed by atoms with Crippen molar-refractivity contribution in [2.45, 2.75) is 40.0 Å². The number of nitrogens with one attached hydrogen (secondary N) is 1. The van der Waals surface area contributed by atoms with Crippen LogP contribution in [0.4, 0.5) is 6.01 Å². The zero-order valence-electron chi connectivity index (χ0n) is 10.6. The summed E-state index contributed by atoms with van der Waals surface area (Å²) in [5.41, 5.74) is 5.59. The Bertz CT molecular complexity index is 373. The average Bonchev–Trinajstić information content (AvgIpc) is 2.61. The molecule has 1 aromatic heterocycles. The predicted octanol–water partition coefficient (Wildman–Crippen LogP) is 1.47. The van der Waals surface area contributed by atoms with Gasteiger partial charge in [-0.25, -0.2) is 0 Å². The summed E-state index contributed by atoms with van der Waals surface area (Å²) < 4.78 is 4.80. The summed E-state index contributed by atoms with van der Waals surface area (Å²) in [6.45, 7) is 6.54. The van der Waals surface area contributed by atoms with Crippen LogP contribution >= 0.6 is 0 Å². The van der Waals surface area contributed by atoms with Crippen LogP contribution in [-0.4, -0.2) is 22.6 Å². The third kappa shape index (κ3) is 4.95. The molecular weight excluding hydrogens is 220 g/mol. The SMILES string of the molecule is Cc1noc(NC(=O)CCC(C)(C)CCN)n1. The maximum Gasteiger partial charge on any atom is 0.328 e. The Hall–Kier alpha value is -1.43. The Morgan fingerprint density at radius 3 is 2.71 bits per heavy atom. The van der Waals surface area contributed by atoms with Gasteiger partial charge in [0.05, 0.1) is 0 Å². The van der Waals surface area contributed by atoms with E-state index in [1.165, 1.54) is 0 Å². The molecule has 96 valence electrons. The molecule has 0 unspecified atom stereocenters.